The van der Waals surface area contributed by atoms with Crippen LogP contribution >= 0.6 is 0 Å². The van der Waals surface area contributed by atoms with Crippen LogP contribution in [-0.2, 0) is 14.3 Å². The summed E-state index contributed by atoms with van der Waals surface area (Å²) in [5.41, 5.74) is 0.518. The number of hydrogen-bond donors (Lipinski definition) is 0. The summed E-state index contributed by atoms with van der Waals surface area (Å²) in [6.45, 7) is 9.26. The molecule has 0 heterocycles. The number of hydrogen-bond acceptors (Lipinski definition) is 3. The average Bonchev–Trinajstić information content (AvgIpc) is 3.10. The molecule has 32 heavy (non-hydrogen) atoms. The summed E-state index contributed by atoms with van der Waals surface area (Å²) in [6, 6.07) is 0. The number of rotatable bonds is 8. The second-order valence-corrected chi connectivity index (χ2v) is 12.6. The van der Waals surface area contributed by atoms with Crippen LogP contribution in [-0.4, -0.2) is 17.9 Å². The smallest absolute Gasteiger partial charge is 0.308 e. The molecule has 4 aliphatic rings. The summed E-state index contributed by atoms with van der Waals surface area (Å²) in [5, 5.41) is 0. The Kier molecular flexibility index (Phi) is 7.42. The molecule has 2 unspecified atom stereocenters. The van der Waals surface area contributed by atoms with Crippen molar-refractivity contribution in [2.75, 3.05) is 0 Å². The minimum absolute atomic E-state index is 0.0322. The fourth-order valence-corrected chi connectivity index (χ4v) is 8.62. The molecule has 4 rings (SSSR count). The molecule has 4 fully saturated rings. The van der Waals surface area contributed by atoms with E-state index in [1.165, 1.54) is 57.8 Å². The normalized spacial score (nSPS) is 42.0. The Labute approximate surface area is 196 Å². The van der Waals surface area contributed by atoms with Gasteiger partial charge in [-0.1, -0.05) is 59.8 Å². The van der Waals surface area contributed by atoms with Crippen molar-refractivity contribution in [1.82, 2.24) is 0 Å². The van der Waals surface area contributed by atoms with Crippen LogP contribution in [0.25, 0.3) is 0 Å². The van der Waals surface area contributed by atoms with Crippen molar-refractivity contribution in [3.63, 3.8) is 0 Å². The molecule has 0 amide bonds. The van der Waals surface area contributed by atoms with E-state index in [1.807, 2.05) is 0 Å². The van der Waals surface area contributed by atoms with E-state index in [0.717, 1.165) is 50.4 Å². The van der Waals surface area contributed by atoms with Crippen molar-refractivity contribution < 1.29 is 14.3 Å². The maximum absolute atomic E-state index is 12.9. The third kappa shape index (κ3) is 4.43. The zero-order valence-corrected chi connectivity index (χ0v) is 21.3. The highest BCUT2D eigenvalue weighted by molar-refractivity contribution is 5.79. The number of fused-ring (bicyclic) bond motifs is 5. The van der Waals surface area contributed by atoms with E-state index in [0.29, 0.717) is 23.0 Å². The number of carbonyl (C=O) groups excluding carboxylic acids is 2. The van der Waals surface area contributed by atoms with Crippen LogP contribution in [0, 0.1) is 40.4 Å². The Hall–Kier alpha value is -0.860. The van der Waals surface area contributed by atoms with E-state index >= 15 is 0 Å². The van der Waals surface area contributed by atoms with Crippen LogP contribution in [0.5, 0.6) is 0 Å². The van der Waals surface area contributed by atoms with Crippen LogP contribution in [0.1, 0.15) is 124 Å². The molecule has 0 aromatic heterocycles. The third-order valence-corrected chi connectivity index (χ3v) is 10.8. The predicted octanol–water partition coefficient (Wildman–Crippen LogP) is 7.51. The Morgan fingerprint density at radius 3 is 2.50 bits per heavy atom. The summed E-state index contributed by atoms with van der Waals surface area (Å²) in [5.74, 6) is 3.42. The Morgan fingerprint density at radius 1 is 0.969 bits per heavy atom. The second kappa shape index (κ2) is 9.79. The van der Waals surface area contributed by atoms with E-state index in [9.17, 15) is 9.59 Å². The maximum atomic E-state index is 12.9. The molecule has 0 spiro atoms. The quantitative estimate of drug-likeness (QED) is 0.287. The highest BCUT2D eigenvalue weighted by Gasteiger charge is 2.61. The summed E-state index contributed by atoms with van der Waals surface area (Å²) >= 11 is 0. The number of carbonyl (C=O) groups is 2. The van der Waals surface area contributed by atoms with E-state index in [-0.39, 0.29) is 23.4 Å². The van der Waals surface area contributed by atoms with Crippen molar-refractivity contribution in [2.24, 2.45) is 40.4 Å². The number of esters is 1. The number of ketones is 1. The minimum atomic E-state index is 0.0322. The van der Waals surface area contributed by atoms with Crippen molar-refractivity contribution >= 4 is 11.8 Å². The standard InChI is InChI=1S/C29H48O3/c1-5-6-7-8-9-10-20(2)27(31)32-26-14-13-24-23-12-11-21-19-22(30)15-17-28(21,3)25(23)16-18-29(24,26)4/h20-21,23-26H,5-19H2,1-4H3/t20?,21?,23-,24-,25-,26-,28-,29-/m0/s1. The molecule has 4 saturated carbocycles. The van der Waals surface area contributed by atoms with E-state index < -0.39 is 0 Å². The van der Waals surface area contributed by atoms with Crippen LogP contribution in [0.3, 0.4) is 0 Å². The minimum Gasteiger partial charge on any atom is -0.462 e. The van der Waals surface area contributed by atoms with E-state index in [2.05, 4.69) is 27.7 Å². The molecular formula is C29H48O3. The summed E-state index contributed by atoms with van der Waals surface area (Å²) < 4.78 is 6.27. The fraction of sp³-hybridized carbons (Fsp3) is 0.931. The van der Waals surface area contributed by atoms with Crippen LogP contribution in [0.15, 0.2) is 0 Å². The molecule has 3 heteroatoms. The topological polar surface area (TPSA) is 43.4 Å². The molecule has 0 saturated heterocycles. The summed E-state index contributed by atoms with van der Waals surface area (Å²) in [4.78, 5) is 25.1. The van der Waals surface area contributed by atoms with Crippen molar-refractivity contribution in [2.45, 2.75) is 130 Å². The van der Waals surface area contributed by atoms with Crippen molar-refractivity contribution in [1.29, 1.82) is 0 Å². The lowest BCUT2D eigenvalue weighted by molar-refractivity contribution is -0.168. The largest absolute Gasteiger partial charge is 0.462 e. The van der Waals surface area contributed by atoms with E-state index in [4.69, 9.17) is 4.74 Å². The first-order valence-corrected chi connectivity index (χ1v) is 14.0. The fourth-order valence-electron chi connectivity index (χ4n) is 8.62. The average molecular weight is 445 g/mol. The molecule has 0 aromatic carbocycles. The van der Waals surface area contributed by atoms with Crippen molar-refractivity contribution in [3.8, 4) is 0 Å². The highest BCUT2D eigenvalue weighted by atomic mass is 16.5. The molecule has 182 valence electrons. The molecule has 0 bridgehead atoms. The molecule has 0 radical (unpaired) electrons. The first-order chi connectivity index (χ1) is 15.3. The molecule has 0 aromatic rings. The SMILES string of the molecule is CCCCCCCC(C)C(=O)O[C@H]1CC[C@H]2[C@@H]3CCC4CC(=O)CC[C@]4(C)[C@H]3CC[C@]12C. The van der Waals surface area contributed by atoms with Gasteiger partial charge in [-0.25, -0.2) is 0 Å². The lowest BCUT2D eigenvalue weighted by Crippen LogP contribution is -2.54. The van der Waals surface area contributed by atoms with Gasteiger partial charge >= 0.3 is 5.97 Å². The first kappa shape index (κ1) is 24.3. The number of Topliss-reactive ketones (excluding diaryl/α,β-unsaturated/α-hetero) is 1. The Morgan fingerprint density at radius 2 is 1.72 bits per heavy atom. The number of unbranched alkanes of at least 4 members (excludes halogenated alkanes) is 4. The summed E-state index contributed by atoms with van der Waals surface area (Å²) in [7, 11) is 0. The van der Waals surface area contributed by atoms with Crippen LogP contribution in [0.4, 0.5) is 0 Å². The molecule has 4 aliphatic carbocycles. The van der Waals surface area contributed by atoms with Crippen LogP contribution in [0.2, 0.25) is 0 Å². The molecular weight excluding hydrogens is 396 g/mol. The first-order valence-electron chi connectivity index (χ1n) is 14.0. The second-order valence-electron chi connectivity index (χ2n) is 12.6. The number of ether oxygens (including phenoxy) is 1. The van der Waals surface area contributed by atoms with Gasteiger partial charge < -0.3 is 4.74 Å². The Balaban J connectivity index is 1.36. The maximum Gasteiger partial charge on any atom is 0.308 e. The molecule has 8 atom stereocenters. The van der Waals surface area contributed by atoms with Crippen molar-refractivity contribution in [3.05, 3.63) is 0 Å². The zero-order valence-electron chi connectivity index (χ0n) is 21.3. The lowest BCUT2D eigenvalue weighted by atomic mass is 9.45. The van der Waals surface area contributed by atoms with Gasteiger partial charge in [-0.15, -0.1) is 0 Å². The van der Waals surface area contributed by atoms with Gasteiger partial charge in [0.15, 0.2) is 0 Å². The van der Waals surface area contributed by atoms with Gasteiger partial charge in [0, 0.05) is 18.3 Å². The third-order valence-electron chi connectivity index (χ3n) is 10.8. The Bertz CT molecular complexity index is 686. The van der Waals surface area contributed by atoms with Gasteiger partial charge in [0.1, 0.15) is 11.9 Å². The van der Waals surface area contributed by atoms with Crippen LogP contribution < -0.4 is 0 Å². The summed E-state index contributed by atoms with van der Waals surface area (Å²) in [6.07, 6.45) is 17.3. The lowest BCUT2D eigenvalue weighted by Gasteiger charge is -2.60. The zero-order chi connectivity index (χ0) is 22.9. The van der Waals surface area contributed by atoms with Gasteiger partial charge in [0.25, 0.3) is 0 Å². The molecule has 0 N–H and O–H groups in total. The monoisotopic (exact) mass is 444 g/mol. The van der Waals surface area contributed by atoms with Gasteiger partial charge in [-0.2, -0.15) is 0 Å². The molecule has 3 nitrogen and oxygen atoms in total. The van der Waals surface area contributed by atoms with Gasteiger partial charge in [-0.05, 0) is 80.5 Å². The highest BCUT2D eigenvalue weighted by Crippen LogP contribution is 2.66. The van der Waals surface area contributed by atoms with Gasteiger partial charge in [0.2, 0.25) is 0 Å². The predicted molar refractivity (Wildman–Crippen MR) is 129 cm³/mol. The van der Waals surface area contributed by atoms with Gasteiger partial charge in [0.05, 0.1) is 5.92 Å². The molecule has 0 aliphatic heterocycles. The van der Waals surface area contributed by atoms with E-state index in [1.54, 1.807) is 0 Å². The van der Waals surface area contributed by atoms with Gasteiger partial charge in [-0.3, -0.25) is 9.59 Å².